The SMILES string of the molecule is CCCCN1CCN(c2c(N)cccc2C2=CCC(C(C)(C)I)CC2)CC1. The molecule has 1 unspecified atom stereocenters. The number of hydrogen-bond acceptors (Lipinski definition) is 3. The Kier molecular flexibility index (Phi) is 7.12. The minimum atomic E-state index is 0.368. The zero-order valence-electron chi connectivity index (χ0n) is 17.3. The topological polar surface area (TPSA) is 32.5 Å². The predicted octanol–water partition coefficient (Wildman–Crippen LogP) is 5.59. The van der Waals surface area contributed by atoms with Gasteiger partial charge in [-0.15, -0.1) is 0 Å². The zero-order chi connectivity index (χ0) is 19.4. The number of alkyl halides is 1. The molecule has 3 rings (SSSR count). The lowest BCUT2D eigenvalue weighted by Gasteiger charge is -2.38. The maximum atomic E-state index is 6.49. The average Bonchev–Trinajstić information content (AvgIpc) is 2.66. The predicted molar refractivity (Wildman–Crippen MR) is 128 cm³/mol. The van der Waals surface area contributed by atoms with E-state index < -0.39 is 0 Å². The number of allylic oxidation sites excluding steroid dienone is 2. The van der Waals surface area contributed by atoms with Crippen molar-refractivity contribution in [2.45, 2.75) is 56.3 Å². The van der Waals surface area contributed by atoms with Gasteiger partial charge in [0.2, 0.25) is 0 Å². The maximum absolute atomic E-state index is 6.49. The second-order valence-electron chi connectivity index (χ2n) is 8.69. The minimum absolute atomic E-state index is 0.368. The smallest absolute Gasteiger partial charge is 0.0677 e. The van der Waals surface area contributed by atoms with Crippen LogP contribution >= 0.6 is 22.6 Å². The van der Waals surface area contributed by atoms with Crippen molar-refractivity contribution in [1.82, 2.24) is 4.90 Å². The lowest BCUT2D eigenvalue weighted by molar-refractivity contribution is 0.254. The molecule has 0 spiro atoms. The van der Waals surface area contributed by atoms with Gasteiger partial charge in [-0.05, 0) is 49.8 Å². The highest BCUT2D eigenvalue weighted by atomic mass is 127. The van der Waals surface area contributed by atoms with Crippen LogP contribution in [0.4, 0.5) is 11.4 Å². The van der Waals surface area contributed by atoms with Crippen molar-refractivity contribution in [3.8, 4) is 0 Å². The summed E-state index contributed by atoms with van der Waals surface area (Å²) in [5, 5.41) is 0. The second kappa shape index (κ2) is 9.17. The van der Waals surface area contributed by atoms with E-state index in [4.69, 9.17) is 5.73 Å². The Bertz CT molecular complexity index is 654. The summed E-state index contributed by atoms with van der Waals surface area (Å²) in [5.74, 6) is 0.772. The normalized spacial score (nSPS) is 22.0. The Labute approximate surface area is 179 Å². The molecular weight excluding hydrogens is 445 g/mol. The first kappa shape index (κ1) is 21.0. The fourth-order valence-electron chi connectivity index (χ4n) is 4.45. The molecule has 1 aromatic carbocycles. The summed E-state index contributed by atoms with van der Waals surface area (Å²) < 4.78 is 0.368. The van der Waals surface area contributed by atoms with Crippen molar-refractivity contribution in [1.29, 1.82) is 0 Å². The van der Waals surface area contributed by atoms with E-state index in [0.29, 0.717) is 3.42 Å². The van der Waals surface area contributed by atoms with Crippen molar-refractivity contribution in [2.24, 2.45) is 5.92 Å². The number of hydrogen-bond donors (Lipinski definition) is 1. The molecule has 0 aromatic heterocycles. The Morgan fingerprint density at radius 1 is 1.19 bits per heavy atom. The lowest BCUT2D eigenvalue weighted by atomic mass is 9.80. The third-order valence-corrected chi connectivity index (χ3v) is 7.19. The Balaban J connectivity index is 1.76. The summed E-state index contributed by atoms with van der Waals surface area (Å²) in [6.45, 7) is 12.7. The van der Waals surface area contributed by atoms with Crippen LogP contribution < -0.4 is 10.6 Å². The molecular formula is C23H36IN3. The number of para-hydroxylation sites is 1. The van der Waals surface area contributed by atoms with E-state index >= 15 is 0 Å². The molecule has 1 fully saturated rings. The fourth-order valence-corrected chi connectivity index (χ4v) is 5.02. The molecule has 1 aliphatic carbocycles. The van der Waals surface area contributed by atoms with Gasteiger partial charge in [0.1, 0.15) is 0 Å². The molecule has 150 valence electrons. The number of nitrogen functional groups attached to an aromatic ring is 1. The van der Waals surface area contributed by atoms with Gasteiger partial charge in [0.25, 0.3) is 0 Å². The first-order chi connectivity index (χ1) is 12.9. The van der Waals surface area contributed by atoms with Crippen LogP contribution in [0.1, 0.15) is 58.4 Å². The van der Waals surface area contributed by atoms with Gasteiger partial charge in [-0.3, -0.25) is 4.90 Å². The number of nitrogens with two attached hydrogens (primary N) is 1. The van der Waals surface area contributed by atoms with Crippen LogP contribution in [0.2, 0.25) is 0 Å². The molecule has 1 heterocycles. The number of halogens is 1. The summed E-state index contributed by atoms with van der Waals surface area (Å²) >= 11 is 2.61. The largest absolute Gasteiger partial charge is 0.397 e. The monoisotopic (exact) mass is 481 g/mol. The summed E-state index contributed by atoms with van der Waals surface area (Å²) in [6.07, 6.45) is 8.71. The minimum Gasteiger partial charge on any atom is -0.397 e. The Morgan fingerprint density at radius 2 is 1.93 bits per heavy atom. The molecule has 27 heavy (non-hydrogen) atoms. The molecule has 1 atom stereocenters. The van der Waals surface area contributed by atoms with Crippen LogP contribution in [0.15, 0.2) is 24.3 Å². The number of benzene rings is 1. The molecule has 4 heteroatoms. The van der Waals surface area contributed by atoms with Gasteiger partial charge < -0.3 is 10.6 Å². The van der Waals surface area contributed by atoms with Crippen LogP contribution in [0.5, 0.6) is 0 Å². The molecule has 0 bridgehead atoms. The summed E-state index contributed by atoms with van der Waals surface area (Å²) in [5.41, 5.74) is 11.6. The van der Waals surface area contributed by atoms with Crippen molar-refractivity contribution in [2.75, 3.05) is 43.4 Å². The van der Waals surface area contributed by atoms with Crippen LogP contribution in [0.3, 0.4) is 0 Å². The zero-order valence-corrected chi connectivity index (χ0v) is 19.5. The highest BCUT2D eigenvalue weighted by Crippen LogP contribution is 2.43. The molecule has 0 radical (unpaired) electrons. The summed E-state index contributed by atoms with van der Waals surface area (Å²) in [6, 6.07) is 6.49. The molecule has 0 amide bonds. The maximum Gasteiger partial charge on any atom is 0.0677 e. The molecule has 1 aromatic rings. The second-order valence-corrected chi connectivity index (χ2v) is 11.5. The number of piperazine rings is 1. The standard InChI is InChI=1S/C23H36IN3/c1-4-5-13-26-14-16-27(17-15-26)22-20(7-6-8-21(22)25)18-9-11-19(12-10-18)23(2,3)24/h6-9,19H,4-5,10-17,25H2,1-3H3. The Hall–Kier alpha value is -0.750. The number of anilines is 2. The van der Waals surface area contributed by atoms with Crippen LogP contribution in [0, 0.1) is 5.92 Å². The van der Waals surface area contributed by atoms with E-state index in [0.717, 1.165) is 37.8 Å². The number of nitrogens with zero attached hydrogens (tertiary/aromatic N) is 2. The third kappa shape index (κ3) is 5.20. The first-order valence-electron chi connectivity index (χ1n) is 10.6. The molecule has 1 aliphatic heterocycles. The molecule has 0 saturated carbocycles. The van der Waals surface area contributed by atoms with Gasteiger partial charge in [0.05, 0.1) is 11.4 Å². The summed E-state index contributed by atoms with van der Waals surface area (Å²) in [4.78, 5) is 5.13. The highest BCUT2D eigenvalue weighted by molar-refractivity contribution is 14.1. The van der Waals surface area contributed by atoms with Crippen molar-refractivity contribution in [3.63, 3.8) is 0 Å². The first-order valence-corrected chi connectivity index (χ1v) is 11.7. The van der Waals surface area contributed by atoms with Crippen LogP contribution in [-0.2, 0) is 0 Å². The third-order valence-electron chi connectivity index (χ3n) is 6.31. The van der Waals surface area contributed by atoms with Crippen molar-refractivity contribution >= 4 is 39.5 Å². The van der Waals surface area contributed by atoms with Gasteiger partial charge >= 0.3 is 0 Å². The molecule has 2 aliphatic rings. The quantitative estimate of drug-likeness (QED) is 0.327. The van der Waals surface area contributed by atoms with E-state index in [9.17, 15) is 0 Å². The number of unbranched alkanes of at least 4 members (excludes halogenated alkanes) is 1. The van der Waals surface area contributed by atoms with Gasteiger partial charge in [-0.1, -0.05) is 68.0 Å². The van der Waals surface area contributed by atoms with Gasteiger partial charge in [0, 0.05) is 35.2 Å². The van der Waals surface area contributed by atoms with Crippen LogP contribution in [0.25, 0.3) is 5.57 Å². The van der Waals surface area contributed by atoms with E-state index in [1.54, 1.807) is 0 Å². The number of rotatable bonds is 6. The van der Waals surface area contributed by atoms with E-state index in [-0.39, 0.29) is 0 Å². The lowest BCUT2D eigenvalue weighted by Crippen LogP contribution is -2.47. The summed E-state index contributed by atoms with van der Waals surface area (Å²) in [7, 11) is 0. The van der Waals surface area contributed by atoms with Gasteiger partial charge in [0.15, 0.2) is 0 Å². The van der Waals surface area contributed by atoms with E-state index in [2.05, 4.69) is 77.4 Å². The molecule has 3 nitrogen and oxygen atoms in total. The highest BCUT2D eigenvalue weighted by Gasteiger charge is 2.29. The van der Waals surface area contributed by atoms with E-state index in [1.807, 2.05) is 0 Å². The van der Waals surface area contributed by atoms with Crippen molar-refractivity contribution in [3.05, 3.63) is 29.8 Å². The molecule has 2 N–H and O–H groups in total. The van der Waals surface area contributed by atoms with Gasteiger partial charge in [-0.25, -0.2) is 0 Å². The molecule has 1 saturated heterocycles. The van der Waals surface area contributed by atoms with Gasteiger partial charge in [-0.2, -0.15) is 0 Å². The van der Waals surface area contributed by atoms with Crippen LogP contribution in [-0.4, -0.2) is 41.0 Å². The Morgan fingerprint density at radius 3 is 2.52 bits per heavy atom. The fraction of sp³-hybridized carbons (Fsp3) is 0.652. The average molecular weight is 481 g/mol. The van der Waals surface area contributed by atoms with Crippen molar-refractivity contribution < 1.29 is 0 Å². The van der Waals surface area contributed by atoms with E-state index in [1.165, 1.54) is 55.5 Å².